The zero-order chi connectivity index (χ0) is 10.0. The van der Waals surface area contributed by atoms with Gasteiger partial charge in [0, 0.05) is 31.1 Å². The average molecular weight is 217 g/mol. The monoisotopic (exact) mass is 217 g/mol. The maximum absolute atomic E-state index is 5.78. The molecule has 0 aromatic rings. The van der Waals surface area contributed by atoms with Gasteiger partial charge in [-0.3, -0.25) is 4.90 Å². The quantitative estimate of drug-likeness (QED) is 0.692. The van der Waals surface area contributed by atoms with Gasteiger partial charge in [-0.25, -0.2) is 0 Å². The van der Waals surface area contributed by atoms with E-state index >= 15 is 0 Å². The van der Waals surface area contributed by atoms with Crippen LogP contribution in [0.3, 0.4) is 0 Å². The van der Waals surface area contributed by atoms with Crippen molar-refractivity contribution in [3.63, 3.8) is 0 Å². The molecule has 2 heterocycles. The summed E-state index contributed by atoms with van der Waals surface area (Å²) in [4.78, 5) is 2.48. The number of nitrogens with zero attached hydrogens (tertiary/aromatic N) is 1. The van der Waals surface area contributed by atoms with Crippen molar-refractivity contribution < 1.29 is 9.47 Å². The van der Waals surface area contributed by atoms with E-state index in [4.69, 9.17) is 9.47 Å². The van der Waals surface area contributed by atoms with Gasteiger partial charge >= 0.3 is 0 Å². The third-order valence-corrected chi connectivity index (χ3v) is 3.58. The van der Waals surface area contributed by atoms with Gasteiger partial charge in [-0.15, -0.1) is 0 Å². The standard InChI is InChI=1S/C10H19NO2S/c1-10(2)12-8-9(13-10)7-11-3-5-14-6-4-11/h9H,3-8H2,1-2H3. The summed E-state index contributed by atoms with van der Waals surface area (Å²) in [5, 5.41) is 0. The van der Waals surface area contributed by atoms with Crippen molar-refractivity contribution in [3.8, 4) is 0 Å². The molecule has 0 bridgehead atoms. The highest BCUT2D eigenvalue weighted by Crippen LogP contribution is 2.23. The van der Waals surface area contributed by atoms with Crippen LogP contribution >= 0.6 is 11.8 Å². The number of ether oxygens (including phenoxy) is 2. The molecule has 14 heavy (non-hydrogen) atoms. The number of thioether (sulfide) groups is 1. The minimum atomic E-state index is -0.366. The van der Waals surface area contributed by atoms with E-state index in [1.165, 1.54) is 24.6 Å². The SMILES string of the molecule is CC1(C)OCC(CN2CCSCC2)O1. The number of rotatable bonds is 2. The van der Waals surface area contributed by atoms with E-state index in [0.717, 1.165) is 13.2 Å². The third-order valence-electron chi connectivity index (χ3n) is 2.63. The molecule has 82 valence electrons. The first-order valence-corrected chi connectivity index (χ1v) is 6.43. The van der Waals surface area contributed by atoms with Gasteiger partial charge in [0.2, 0.25) is 0 Å². The van der Waals surface area contributed by atoms with E-state index in [1.807, 2.05) is 25.6 Å². The number of hydrogen-bond donors (Lipinski definition) is 0. The molecule has 0 spiro atoms. The van der Waals surface area contributed by atoms with E-state index < -0.39 is 0 Å². The van der Waals surface area contributed by atoms with Crippen LogP contribution in [0.25, 0.3) is 0 Å². The van der Waals surface area contributed by atoms with Crippen molar-refractivity contribution >= 4 is 11.8 Å². The van der Waals surface area contributed by atoms with Crippen molar-refractivity contribution in [1.82, 2.24) is 4.90 Å². The largest absolute Gasteiger partial charge is 0.348 e. The molecule has 2 fully saturated rings. The molecule has 0 amide bonds. The fourth-order valence-electron chi connectivity index (χ4n) is 1.92. The molecule has 2 saturated heterocycles. The molecular weight excluding hydrogens is 198 g/mol. The van der Waals surface area contributed by atoms with Crippen molar-refractivity contribution in [1.29, 1.82) is 0 Å². The molecule has 1 unspecified atom stereocenters. The van der Waals surface area contributed by atoms with Crippen LogP contribution in [0.1, 0.15) is 13.8 Å². The van der Waals surface area contributed by atoms with Crippen molar-refractivity contribution in [2.75, 3.05) is 37.7 Å². The summed E-state index contributed by atoms with van der Waals surface area (Å²) in [6.07, 6.45) is 0.271. The fraction of sp³-hybridized carbons (Fsp3) is 1.00. The van der Waals surface area contributed by atoms with Crippen LogP contribution in [-0.4, -0.2) is 54.5 Å². The van der Waals surface area contributed by atoms with Gasteiger partial charge in [0.15, 0.2) is 5.79 Å². The summed E-state index contributed by atoms with van der Waals surface area (Å²) in [7, 11) is 0. The second kappa shape index (κ2) is 4.39. The molecule has 2 aliphatic rings. The fourth-order valence-corrected chi connectivity index (χ4v) is 2.90. The zero-order valence-electron chi connectivity index (χ0n) is 8.99. The van der Waals surface area contributed by atoms with Crippen LogP contribution in [0.5, 0.6) is 0 Å². The van der Waals surface area contributed by atoms with Gasteiger partial charge in [-0.2, -0.15) is 11.8 Å². The smallest absolute Gasteiger partial charge is 0.163 e. The first kappa shape index (κ1) is 10.7. The normalized spacial score (nSPS) is 33.4. The summed E-state index contributed by atoms with van der Waals surface area (Å²) in [5.74, 6) is 2.16. The summed E-state index contributed by atoms with van der Waals surface area (Å²) in [6, 6.07) is 0. The maximum atomic E-state index is 5.78. The van der Waals surface area contributed by atoms with Crippen LogP contribution in [-0.2, 0) is 9.47 Å². The molecule has 0 aliphatic carbocycles. The second-order valence-corrected chi connectivity index (χ2v) is 5.59. The lowest BCUT2D eigenvalue weighted by molar-refractivity contribution is -0.140. The predicted molar refractivity (Wildman–Crippen MR) is 58.7 cm³/mol. The van der Waals surface area contributed by atoms with Crippen molar-refractivity contribution in [3.05, 3.63) is 0 Å². The topological polar surface area (TPSA) is 21.7 Å². The first-order valence-electron chi connectivity index (χ1n) is 5.28. The highest BCUT2D eigenvalue weighted by Gasteiger charge is 2.33. The van der Waals surface area contributed by atoms with E-state index in [9.17, 15) is 0 Å². The molecule has 0 aromatic heterocycles. The molecule has 0 radical (unpaired) electrons. The highest BCUT2D eigenvalue weighted by atomic mass is 32.2. The van der Waals surface area contributed by atoms with Gasteiger partial charge < -0.3 is 9.47 Å². The van der Waals surface area contributed by atoms with Crippen LogP contribution in [0.4, 0.5) is 0 Å². The minimum absolute atomic E-state index is 0.271. The highest BCUT2D eigenvalue weighted by molar-refractivity contribution is 7.99. The second-order valence-electron chi connectivity index (χ2n) is 4.36. The summed E-state index contributed by atoms with van der Waals surface area (Å²) in [6.45, 7) is 8.15. The molecule has 3 nitrogen and oxygen atoms in total. The minimum Gasteiger partial charge on any atom is -0.348 e. The Morgan fingerprint density at radius 2 is 2.07 bits per heavy atom. The van der Waals surface area contributed by atoms with Crippen LogP contribution in [0.2, 0.25) is 0 Å². The summed E-state index contributed by atoms with van der Waals surface area (Å²) < 4.78 is 11.3. The van der Waals surface area contributed by atoms with Crippen LogP contribution in [0.15, 0.2) is 0 Å². The van der Waals surface area contributed by atoms with E-state index in [0.29, 0.717) is 0 Å². The Kier molecular flexibility index (Phi) is 3.37. The summed E-state index contributed by atoms with van der Waals surface area (Å²) in [5.41, 5.74) is 0. The first-order chi connectivity index (χ1) is 6.66. The average Bonchev–Trinajstić information content (AvgIpc) is 2.47. The van der Waals surface area contributed by atoms with Gasteiger partial charge in [0.25, 0.3) is 0 Å². The van der Waals surface area contributed by atoms with Gasteiger partial charge in [0.1, 0.15) is 0 Å². The Hall–Kier alpha value is 0.230. The van der Waals surface area contributed by atoms with E-state index in [2.05, 4.69) is 4.90 Å². The third kappa shape index (κ3) is 2.86. The molecule has 0 N–H and O–H groups in total. The lowest BCUT2D eigenvalue weighted by Crippen LogP contribution is -2.39. The van der Waals surface area contributed by atoms with Crippen LogP contribution in [0, 0.1) is 0 Å². The molecule has 1 atom stereocenters. The lowest BCUT2D eigenvalue weighted by Gasteiger charge is -2.28. The summed E-state index contributed by atoms with van der Waals surface area (Å²) >= 11 is 2.04. The molecule has 0 saturated carbocycles. The Balaban J connectivity index is 1.75. The Labute approximate surface area is 90.1 Å². The molecule has 0 aromatic carbocycles. The molecule has 2 aliphatic heterocycles. The Morgan fingerprint density at radius 3 is 2.64 bits per heavy atom. The zero-order valence-corrected chi connectivity index (χ0v) is 9.81. The van der Waals surface area contributed by atoms with Crippen molar-refractivity contribution in [2.24, 2.45) is 0 Å². The van der Waals surface area contributed by atoms with Gasteiger partial charge in [-0.05, 0) is 13.8 Å². The van der Waals surface area contributed by atoms with Crippen molar-refractivity contribution in [2.45, 2.75) is 25.7 Å². The van der Waals surface area contributed by atoms with E-state index in [1.54, 1.807) is 0 Å². The van der Waals surface area contributed by atoms with Gasteiger partial charge in [0.05, 0.1) is 12.7 Å². The predicted octanol–water partition coefficient (Wildman–Crippen LogP) is 1.19. The van der Waals surface area contributed by atoms with Crippen LogP contribution < -0.4 is 0 Å². The number of hydrogen-bond acceptors (Lipinski definition) is 4. The lowest BCUT2D eigenvalue weighted by atomic mass is 10.3. The molecule has 2 rings (SSSR count). The Bertz CT molecular complexity index is 193. The Morgan fingerprint density at radius 1 is 1.36 bits per heavy atom. The molecule has 4 heteroatoms. The van der Waals surface area contributed by atoms with Gasteiger partial charge in [-0.1, -0.05) is 0 Å². The maximum Gasteiger partial charge on any atom is 0.163 e. The molecular formula is C10H19NO2S. The van der Waals surface area contributed by atoms with E-state index in [-0.39, 0.29) is 11.9 Å².